The highest BCUT2D eigenvalue weighted by Gasteiger charge is 2.30. The summed E-state index contributed by atoms with van der Waals surface area (Å²) in [6, 6.07) is 13.9. The van der Waals surface area contributed by atoms with E-state index in [2.05, 4.69) is 15.9 Å². The van der Waals surface area contributed by atoms with E-state index in [9.17, 15) is 13.9 Å². The van der Waals surface area contributed by atoms with E-state index < -0.39 is 16.9 Å². The molecular weight excluding hydrogens is 526 g/mol. The maximum absolute atomic E-state index is 13.2. The van der Waals surface area contributed by atoms with Gasteiger partial charge in [0, 0.05) is 19.2 Å². The molecule has 4 rings (SSSR count). The number of benzene rings is 2. The van der Waals surface area contributed by atoms with E-state index in [1.807, 2.05) is 0 Å². The minimum atomic E-state index is -2.78. The molecular formula is C24H26BrNO7S. The fraction of sp³-hybridized carbons (Fsp3) is 0.292. The number of carbonyl (C=O) groups excluding carboxylic acids is 1. The molecule has 1 atom stereocenters. The zero-order chi connectivity index (χ0) is 24.5. The maximum atomic E-state index is 13.2. The molecule has 2 N–H and O–H groups in total. The van der Waals surface area contributed by atoms with Crippen molar-refractivity contribution in [2.45, 2.75) is 12.5 Å². The van der Waals surface area contributed by atoms with Gasteiger partial charge < -0.3 is 18.6 Å². The molecule has 8 nitrogen and oxygen atoms in total. The first-order valence-corrected chi connectivity index (χ1v) is 13.0. The number of nitrogens with zero attached hydrogens (tertiary/aromatic N) is 1. The number of hydrogen-bond donors (Lipinski definition) is 2. The molecule has 1 unspecified atom stereocenters. The molecule has 2 aromatic carbocycles. The van der Waals surface area contributed by atoms with Crippen LogP contribution in [0.25, 0.3) is 11.3 Å². The lowest BCUT2D eigenvalue weighted by Gasteiger charge is -2.38. The average Bonchev–Trinajstić information content (AvgIpc) is 3.46. The summed E-state index contributed by atoms with van der Waals surface area (Å²) in [6.45, 7) is 0.578. The Morgan fingerprint density at radius 2 is 1.71 bits per heavy atom. The van der Waals surface area contributed by atoms with Gasteiger partial charge in [-0.15, -0.1) is 10.8 Å². The highest BCUT2D eigenvalue weighted by Crippen LogP contribution is 2.51. The lowest BCUT2D eigenvalue weighted by Crippen LogP contribution is -2.22. The number of methoxy groups -OCH3 is 3. The fourth-order valence-electron chi connectivity index (χ4n) is 3.93. The molecule has 0 saturated carbocycles. The van der Waals surface area contributed by atoms with Crippen molar-refractivity contribution in [1.82, 2.24) is 0 Å². The van der Waals surface area contributed by atoms with E-state index in [1.165, 1.54) is 7.11 Å². The third-order valence-electron chi connectivity index (χ3n) is 5.67. The average molecular weight is 552 g/mol. The summed E-state index contributed by atoms with van der Waals surface area (Å²) in [7, 11) is 1.80. The molecule has 2 heterocycles. The van der Waals surface area contributed by atoms with Crippen LogP contribution in [0, 0.1) is 0 Å². The van der Waals surface area contributed by atoms with Crippen LogP contribution >= 0.6 is 26.7 Å². The predicted molar refractivity (Wildman–Crippen MR) is 135 cm³/mol. The summed E-state index contributed by atoms with van der Waals surface area (Å²) in [6.07, 6.45) is -0.152. The predicted octanol–water partition coefficient (Wildman–Crippen LogP) is 6.17. The summed E-state index contributed by atoms with van der Waals surface area (Å²) < 4.78 is 44.9. The number of ketones is 1. The van der Waals surface area contributed by atoms with Crippen LogP contribution in [0.15, 0.2) is 57.4 Å². The Balaban J connectivity index is 1.57. The molecule has 1 saturated heterocycles. The maximum Gasteiger partial charge on any atom is 0.231 e. The first-order chi connectivity index (χ1) is 16.3. The van der Waals surface area contributed by atoms with E-state index in [1.54, 1.807) is 67.1 Å². The molecule has 1 aromatic heterocycles. The minimum Gasteiger partial charge on any atom is -0.495 e. The summed E-state index contributed by atoms with van der Waals surface area (Å²) in [4.78, 5) is 13.2. The summed E-state index contributed by atoms with van der Waals surface area (Å²) in [5, 5.41) is 0. The van der Waals surface area contributed by atoms with Crippen molar-refractivity contribution in [3.63, 3.8) is 0 Å². The number of furan rings is 1. The molecule has 1 aliphatic rings. The smallest absolute Gasteiger partial charge is 0.231 e. The highest BCUT2D eigenvalue weighted by molar-refractivity contribution is 9.10. The van der Waals surface area contributed by atoms with Crippen LogP contribution in [-0.2, 0) is 4.74 Å². The molecule has 1 aliphatic heterocycles. The monoisotopic (exact) mass is 551 g/mol. The van der Waals surface area contributed by atoms with E-state index in [0.717, 1.165) is 6.42 Å². The minimum absolute atomic E-state index is 0.153. The number of hydrogen-bond acceptors (Lipinski definition) is 8. The quantitative estimate of drug-likeness (QED) is 0.320. The Kier molecular flexibility index (Phi) is 7.25. The van der Waals surface area contributed by atoms with Crippen LogP contribution in [0.3, 0.4) is 0 Å². The van der Waals surface area contributed by atoms with Gasteiger partial charge in [-0.3, -0.25) is 18.2 Å². The van der Waals surface area contributed by atoms with Crippen molar-refractivity contribution in [3.05, 3.63) is 64.3 Å². The fourth-order valence-corrected chi connectivity index (χ4v) is 6.10. The lowest BCUT2D eigenvalue weighted by molar-refractivity contribution is 0.0577. The Morgan fingerprint density at radius 3 is 2.24 bits per heavy atom. The Hall–Kier alpha value is -2.50. The van der Waals surface area contributed by atoms with Gasteiger partial charge in [-0.1, -0.05) is 12.1 Å². The largest absolute Gasteiger partial charge is 0.495 e. The number of ether oxygens (including phenoxy) is 3. The molecule has 1 fully saturated rings. The normalized spacial score (nSPS) is 16.8. The standard InChI is InChI=1S/C24H26BrNO7S/c1-30-20-13-16(14-21(31-2)22(20)25)18-9-10-19(33-18)23(27)24(32-3)15-5-7-17(8-6-15)26-11-4-12-34(26,28)29/h5-10,13-14,24,28-29H,4,11-12H2,1-3H3. The van der Waals surface area contributed by atoms with Gasteiger partial charge in [0.15, 0.2) is 5.76 Å². The third-order valence-corrected chi connectivity index (χ3v) is 8.39. The van der Waals surface area contributed by atoms with E-state index in [4.69, 9.17) is 18.6 Å². The van der Waals surface area contributed by atoms with Gasteiger partial charge in [0.2, 0.25) is 5.78 Å². The van der Waals surface area contributed by atoms with Gasteiger partial charge in [-0.25, -0.2) is 0 Å². The summed E-state index contributed by atoms with van der Waals surface area (Å²) in [5.41, 5.74) is 2.03. The van der Waals surface area contributed by atoms with Crippen LogP contribution < -0.4 is 13.8 Å². The second kappa shape index (κ2) is 10.0. The van der Waals surface area contributed by atoms with Crippen LogP contribution in [0.2, 0.25) is 0 Å². The molecule has 34 heavy (non-hydrogen) atoms. The molecule has 182 valence electrons. The SMILES string of the molecule is COc1cc(-c2ccc(C(=O)C(OC)c3ccc(N4CCCS4(O)O)cc3)o2)cc(OC)c1Br. The molecule has 0 radical (unpaired) electrons. The number of carbonyl (C=O) groups is 1. The third kappa shape index (κ3) is 4.69. The van der Waals surface area contributed by atoms with Gasteiger partial charge in [0.05, 0.1) is 25.7 Å². The second-order valence-electron chi connectivity index (χ2n) is 7.72. The van der Waals surface area contributed by atoms with Crippen molar-refractivity contribution in [2.24, 2.45) is 0 Å². The summed E-state index contributed by atoms with van der Waals surface area (Å²) in [5.74, 6) is 1.82. The zero-order valence-electron chi connectivity index (χ0n) is 19.0. The van der Waals surface area contributed by atoms with Gasteiger partial charge >= 0.3 is 0 Å². The van der Waals surface area contributed by atoms with Crippen molar-refractivity contribution in [3.8, 4) is 22.8 Å². The van der Waals surface area contributed by atoms with Crippen LogP contribution in [0.1, 0.15) is 28.6 Å². The molecule has 3 aromatic rings. The topological polar surface area (TPSA) is 102 Å². The molecule has 10 heteroatoms. The second-order valence-corrected chi connectivity index (χ2v) is 10.6. The number of Topliss-reactive ketones (excluding diaryl/α,β-unsaturated/α-hetero) is 1. The number of rotatable bonds is 8. The van der Waals surface area contributed by atoms with E-state index >= 15 is 0 Å². The van der Waals surface area contributed by atoms with Gasteiger partial charge in [0.25, 0.3) is 0 Å². The van der Waals surface area contributed by atoms with Crippen molar-refractivity contribution < 1.29 is 32.5 Å². The van der Waals surface area contributed by atoms with E-state index in [-0.39, 0.29) is 11.5 Å². The lowest BCUT2D eigenvalue weighted by atomic mass is 10.0. The Bertz CT molecular complexity index is 1150. The molecule has 0 aliphatic carbocycles. The van der Waals surface area contributed by atoms with E-state index in [0.29, 0.717) is 50.8 Å². The van der Waals surface area contributed by atoms with Gasteiger partial charge in [-0.05, 0) is 64.3 Å². The van der Waals surface area contributed by atoms with Gasteiger partial charge in [0.1, 0.15) is 27.8 Å². The highest BCUT2D eigenvalue weighted by atomic mass is 79.9. The first kappa shape index (κ1) is 24.6. The van der Waals surface area contributed by atoms with Crippen LogP contribution in [-0.4, -0.2) is 48.5 Å². The van der Waals surface area contributed by atoms with Gasteiger partial charge in [-0.2, -0.15) is 0 Å². The molecule has 0 spiro atoms. The van der Waals surface area contributed by atoms with Crippen LogP contribution in [0.4, 0.5) is 5.69 Å². The Morgan fingerprint density at radius 1 is 1.06 bits per heavy atom. The Labute approximate surface area is 208 Å². The molecule has 0 bridgehead atoms. The number of anilines is 1. The van der Waals surface area contributed by atoms with Crippen molar-refractivity contribution >= 4 is 38.2 Å². The van der Waals surface area contributed by atoms with Crippen LogP contribution in [0.5, 0.6) is 11.5 Å². The number of halogens is 1. The van der Waals surface area contributed by atoms with Crippen molar-refractivity contribution in [1.29, 1.82) is 0 Å². The molecule has 0 amide bonds. The summed E-state index contributed by atoms with van der Waals surface area (Å²) >= 11 is 3.44. The zero-order valence-corrected chi connectivity index (χ0v) is 21.4. The first-order valence-electron chi connectivity index (χ1n) is 10.5. The van der Waals surface area contributed by atoms with Crippen molar-refractivity contribution in [2.75, 3.05) is 37.9 Å².